The SMILES string of the molecule is N#Cc1ccc(OCC2Cc3ccccc3S2)c(N)c1. The van der Waals surface area contributed by atoms with Crippen molar-refractivity contribution in [1.29, 1.82) is 5.26 Å². The van der Waals surface area contributed by atoms with Gasteiger partial charge in [0.1, 0.15) is 12.4 Å². The van der Waals surface area contributed by atoms with E-state index in [4.69, 9.17) is 15.7 Å². The number of rotatable bonds is 3. The third kappa shape index (κ3) is 2.59. The Morgan fingerprint density at radius 3 is 2.90 bits per heavy atom. The summed E-state index contributed by atoms with van der Waals surface area (Å²) in [4.78, 5) is 1.34. The summed E-state index contributed by atoms with van der Waals surface area (Å²) >= 11 is 1.85. The molecule has 0 bridgehead atoms. The number of fused-ring (bicyclic) bond motifs is 1. The second-order valence-corrected chi connectivity index (χ2v) is 6.07. The zero-order valence-corrected chi connectivity index (χ0v) is 11.7. The highest BCUT2D eigenvalue weighted by Gasteiger charge is 2.22. The van der Waals surface area contributed by atoms with E-state index in [1.807, 2.05) is 11.8 Å². The first kappa shape index (κ1) is 12.9. The molecule has 0 fully saturated rings. The lowest BCUT2D eigenvalue weighted by molar-refractivity contribution is 0.319. The average Bonchev–Trinajstić information content (AvgIpc) is 2.88. The van der Waals surface area contributed by atoms with E-state index in [1.54, 1.807) is 18.2 Å². The monoisotopic (exact) mass is 282 g/mol. The topological polar surface area (TPSA) is 59.0 Å². The van der Waals surface area contributed by atoms with Crippen LogP contribution in [-0.2, 0) is 6.42 Å². The molecule has 2 aromatic carbocycles. The van der Waals surface area contributed by atoms with Crippen molar-refractivity contribution < 1.29 is 4.74 Å². The fourth-order valence-corrected chi connectivity index (χ4v) is 3.50. The van der Waals surface area contributed by atoms with Crippen molar-refractivity contribution in [1.82, 2.24) is 0 Å². The summed E-state index contributed by atoms with van der Waals surface area (Å²) in [6.07, 6.45) is 1.02. The molecule has 1 aliphatic rings. The van der Waals surface area contributed by atoms with E-state index < -0.39 is 0 Å². The van der Waals surface area contributed by atoms with Gasteiger partial charge in [0.15, 0.2) is 0 Å². The van der Waals surface area contributed by atoms with Gasteiger partial charge in [0.25, 0.3) is 0 Å². The predicted molar refractivity (Wildman–Crippen MR) is 80.9 cm³/mol. The van der Waals surface area contributed by atoms with Gasteiger partial charge in [0, 0.05) is 10.1 Å². The number of nitriles is 1. The lowest BCUT2D eigenvalue weighted by atomic mass is 10.1. The number of thioether (sulfide) groups is 1. The maximum absolute atomic E-state index is 8.81. The number of hydrogen-bond acceptors (Lipinski definition) is 4. The zero-order valence-electron chi connectivity index (χ0n) is 10.9. The minimum absolute atomic E-state index is 0.419. The molecule has 0 aromatic heterocycles. The highest BCUT2D eigenvalue weighted by Crippen LogP contribution is 2.37. The van der Waals surface area contributed by atoms with Crippen molar-refractivity contribution in [3.8, 4) is 11.8 Å². The normalized spacial score (nSPS) is 16.4. The second-order valence-electron chi connectivity index (χ2n) is 4.73. The van der Waals surface area contributed by atoms with Gasteiger partial charge < -0.3 is 10.5 Å². The van der Waals surface area contributed by atoms with E-state index in [9.17, 15) is 0 Å². The summed E-state index contributed by atoms with van der Waals surface area (Å²) in [6, 6.07) is 15.6. The molecule has 0 spiro atoms. The summed E-state index contributed by atoms with van der Waals surface area (Å²) in [5.74, 6) is 0.653. The third-order valence-corrected chi connectivity index (χ3v) is 4.57. The van der Waals surface area contributed by atoms with E-state index in [-0.39, 0.29) is 0 Å². The van der Waals surface area contributed by atoms with E-state index in [0.29, 0.717) is 28.9 Å². The number of ether oxygens (including phenoxy) is 1. The largest absolute Gasteiger partial charge is 0.490 e. The Balaban J connectivity index is 1.63. The Morgan fingerprint density at radius 2 is 2.15 bits per heavy atom. The van der Waals surface area contributed by atoms with Crippen molar-refractivity contribution in [3.63, 3.8) is 0 Å². The number of nitrogens with zero attached hydrogens (tertiary/aromatic N) is 1. The Morgan fingerprint density at radius 1 is 1.30 bits per heavy atom. The summed E-state index contributed by atoms with van der Waals surface area (Å²) in [5, 5.41) is 9.22. The molecule has 3 rings (SSSR count). The van der Waals surface area contributed by atoms with Crippen LogP contribution in [0.2, 0.25) is 0 Å². The van der Waals surface area contributed by atoms with Crippen LogP contribution >= 0.6 is 11.8 Å². The molecule has 100 valence electrons. The zero-order chi connectivity index (χ0) is 13.9. The van der Waals surface area contributed by atoms with Crippen LogP contribution in [0.3, 0.4) is 0 Å². The van der Waals surface area contributed by atoms with Crippen molar-refractivity contribution in [2.45, 2.75) is 16.6 Å². The van der Waals surface area contributed by atoms with E-state index >= 15 is 0 Å². The second kappa shape index (κ2) is 5.48. The number of anilines is 1. The van der Waals surface area contributed by atoms with Crippen LogP contribution in [0.15, 0.2) is 47.4 Å². The van der Waals surface area contributed by atoms with Crippen LogP contribution < -0.4 is 10.5 Å². The van der Waals surface area contributed by atoms with Gasteiger partial charge in [-0.1, -0.05) is 18.2 Å². The van der Waals surface area contributed by atoms with Gasteiger partial charge in [0.05, 0.1) is 17.3 Å². The van der Waals surface area contributed by atoms with Crippen LogP contribution in [0.4, 0.5) is 5.69 Å². The summed E-state index contributed by atoms with van der Waals surface area (Å²) < 4.78 is 5.80. The Hall–Kier alpha value is -2.12. The smallest absolute Gasteiger partial charge is 0.142 e. The highest BCUT2D eigenvalue weighted by atomic mass is 32.2. The lowest BCUT2D eigenvalue weighted by Gasteiger charge is -2.12. The number of benzene rings is 2. The molecule has 0 saturated carbocycles. The van der Waals surface area contributed by atoms with Gasteiger partial charge in [-0.15, -0.1) is 11.8 Å². The van der Waals surface area contributed by atoms with Gasteiger partial charge in [-0.05, 0) is 36.2 Å². The molecule has 4 heteroatoms. The van der Waals surface area contributed by atoms with Crippen molar-refractivity contribution in [2.24, 2.45) is 0 Å². The Bertz CT molecular complexity index is 653. The van der Waals surface area contributed by atoms with Crippen molar-refractivity contribution >= 4 is 17.4 Å². The highest BCUT2D eigenvalue weighted by molar-refractivity contribution is 8.00. The van der Waals surface area contributed by atoms with Crippen LogP contribution in [0.25, 0.3) is 0 Å². The molecule has 0 saturated heterocycles. The molecule has 2 aromatic rings. The standard InChI is InChI=1S/C16H14N2OS/c17-9-11-5-6-15(14(18)7-11)19-10-13-8-12-3-1-2-4-16(12)20-13/h1-7,13H,8,10,18H2. The van der Waals surface area contributed by atoms with Gasteiger partial charge in [0.2, 0.25) is 0 Å². The lowest BCUT2D eigenvalue weighted by Crippen LogP contribution is -2.14. The van der Waals surface area contributed by atoms with Crippen LogP contribution in [0.5, 0.6) is 5.75 Å². The molecule has 20 heavy (non-hydrogen) atoms. The van der Waals surface area contributed by atoms with Crippen LogP contribution in [0, 0.1) is 11.3 Å². The van der Waals surface area contributed by atoms with E-state index in [2.05, 4.69) is 30.3 Å². The molecule has 3 nitrogen and oxygen atoms in total. The molecular weight excluding hydrogens is 268 g/mol. The number of nitrogens with two attached hydrogens (primary N) is 1. The van der Waals surface area contributed by atoms with Crippen LogP contribution in [0.1, 0.15) is 11.1 Å². The molecular formula is C16H14N2OS. The Kier molecular flexibility index (Phi) is 3.53. The maximum Gasteiger partial charge on any atom is 0.142 e. The fraction of sp³-hybridized carbons (Fsp3) is 0.188. The molecule has 1 atom stereocenters. The van der Waals surface area contributed by atoms with Crippen molar-refractivity contribution in [3.05, 3.63) is 53.6 Å². The molecule has 1 unspecified atom stereocenters. The number of nitrogen functional groups attached to an aromatic ring is 1. The maximum atomic E-state index is 8.81. The molecule has 0 aliphatic carbocycles. The minimum Gasteiger partial charge on any atom is -0.490 e. The van der Waals surface area contributed by atoms with Gasteiger partial charge >= 0.3 is 0 Å². The predicted octanol–water partition coefficient (Wildman–Crippen LogP) is 3.24. The first-order chi connectivity index (χ1) is 9.76. The van der Waals surface area contributed by atoms with Crippen LogP contribution in [-0.4, -0.2) is 11.9 Å². The minimum atomic E-state index is 0.419. The first-order valence-corrected chi connectivity index (χ1v) is 7.31. The van der Waals surface area contributed by atoms with Gasteiger partial charge in [-0.3, -0.25) is 0 Å². The summed E-state index contributed by atoms with van der Waals surface area (Å²) in [6.45, 7) is 0.620. The van der Waals surface area contributed by atoms with Crippen molar-refractivity contribution in [2.75, 3.05) is 12.3 Å². The molecule has 0 amide bonds. The summed E-state index contributed by atoms with van der Waals surface area (Å²) in [7, 11) is 0. The van der Waals surface area contributed by atoms with Gasteiger partial charge in [-0.2, -0.15) is 5.26 Å². The van der Waals surface area contributed by atoms with Gasteiger partial charge in [-0.25, -0.2) is 0 Å². The third-order valence-electron chi connectivity index (χ3n) is 3.28. The fourth-order valence-electron chi connectivity index (χ4n) is 2.28. The molecule has 0 radical (unpaired) electrons. The quantitative estimate of drug-likeness (QED) is 0.878. The average molecular weight is 282 g/mol. The Labute approximate surface area is 122 Å². The summed E-state index contributed by atoms with van der Waals surface area (Å²) in [5.41, 5.74) is 8.34. The molecule has 2 N–H and O–H groups in total. The molecule has 1 aliphatic heterocycles. The first-order valence-electron chi connectivity index (χ1n) is 6.43. The number of hydrogen-bond donors (Lipinski definition) is 1. The van der Waals surface area contributed by atoms with E-state index in [0.717, 1.165) is 6.42 Å². The van der Waals surface area contributed by atoms with E-state index in [1.165, 1.54) is 10.5 Å². The molecule has 1 heterocycles.